The molecular weight excluding hydrogens is 284 g/mol. The van der Waals surface area contributed by atoms with E-state index in [2.05, 4.69) is 15.9 Å². The van der Waals surface area contributed by atoms with E-state index in [1.54, 1.807) is 0 Å². The minimum Gasteiger partial charge on any atom is -0.249 e. The van der Waals surface area contributed by atoms with Gasteiger partial charge >= 0.3 is 0 Å². The Hall–Kier alpha value is -0.930. The summed E-state index contributed by atoms with van der Waals surface area (Å²) in [4.78, 5) is 1.69. The molecule has 1 nitrogen and oxygen atoms in total. The van der Waals surface area contributed by atoms with Crippen molar-refractivity contribution in [2.45, 2.75) is 15.1 Å². The second-order valence-electron chi connectivity index (χ2n) is 3.36. The molecule has 0 aliphatic carbocycles. The maximum absolute atomic E-state index is 12.1. The van der Waals surface area contributed by atoms with Crippen LogP contribution >= 0.6 is 15.9 Å². The van der Waals surface area contributed by atoms with Crippen LogP contribution in [0.15, 0.2) is 64.4 Å². The molecule has 0 fully saturated rings. The fourth-order valence-corrected chi connectivity index (χ4v) is 2.82. The molecule has 82 valence electrons. The molecule has 0 spiro atoms. The molecule has 2 rings (SSSR count). The van der Waals surface area contributed by atoms with Crippen molar-refractivity contribution in [2.75, 3.05) is 0 Å². The Morgan fingerprint density at radius 2 is 1.44 bits per heavy atom. The van der Waals surface area contributed by atoms with Gasteiger partial charge in [-0.15, -0.1) is 0 Å². The lowest BCUT2D eigenvalue weighted by atomic mass is 10.2. The Kier molecular flexibility index (Phi) is 3.91. The number of hydrogen-bond acceptors (Lipinski definition) is 1. The van der Waals surface area contributed by atoms with E-state index in [4.69, 9.17) is 0 Å². The van der Waals surface area contributed by atoms with Crippen molar-refractivity contribution < 1.29 is 4.21 Å². The molecule has 1 atom stereocenters. The maximum Gasteiger partial charge on any atom is 0.0849 e. The Morgan fingerprint density at radius 3 is 2.00 bits per heavy atom. The van der Waals surface area contributed by atoms with Crippen molar-refractivity contribution in [2.24, 2.45) is 0 Å². The maximum atomic E-state index is 12.1. The van der Waals surface area contributed by atoms with Gasteiger partial charge in [-0.25, -0.2) is 4.21 Å². The summed E-state index contributed by atoms with van der Waals surface area (Å²) in [5.41, 5.74) is 1.19. The van der Waals surface area contributed by atoms with Crippen molar-refractivity contribution in [1.29, 1.82) is 0 Å². The van der Waals surface area contributed by atoms with Gasteiger partial charge in [0, 0.05) is 15.1 Å². The fourth-order valence-electron chi connectivity index (χ4n) is 1.38. The zero-order valence-corrected chi connectivity index (χ0v) is 11.0. The van der Waals surface area contributed by atoms with E-state index in [9.17, 15) is 4.21 Å². The van der Waals surface area contributed by atoms with Crippen molar-refractivity contribution in [3.63, 3.8) is 0 Å². The van der Waals surface area contributed by atoms with Crippen molar-refractivity contribution in [3.8, 4) is 0 Å². The first-order valence-electron chi connectivity index (χ1n) is 4.93. The fraction of sp³-hybridized carbons (Fsp3) is 0.0769. The van der Waals surface area contributed by atoms with Gasteiger partial charge in [0.2, 0.25) is 0 Å². The highest BCUT2D eigenvalue weighted by Gasteiger charge is 2.05. The lowest BCUT2D eigenvalue weighted by molar-refractivity contribution is 0.683. The van der Waals surface area contributed by atoms with Crippen LogP contribution in [0.2, 0.25) is 0 Å². The highest BCUT2D eigenvalue weighted by molar-refractivity contribution is 9.08. The van der Waals surface area contributed by atoms with E-state index in [1.165, 1.54) is 5.56 Å². The molecule has 0 heterocycles. The van der Waals surface area contributed by atoms with Gasteiger partial charge in [-0.2, -0.15) is 0 Å². The number of benzene rings is 2. The van der Waals surface area contributed by atoms with Crippen LogP contribution in [0.1, 0.15) is 5.56 Å². The molecule has 2 aromatic rings. The molecule has 0 aliphatic rings. The number of rotatable bonds is 3. The molecule has 3 heteroatoms. The normalized spacial score (nSPS) is 12.3. The minimum absolute atomic E-state index is 0.825. The molecule has 0 aliphatic heterocycles. The average molecular weight is 295 g/mol. The van der Waals surface area contributed by atoms with Crippen LogP contribution in [0.3, 0.4) is 0 Å². The first kappa shape index (κ1) is 11.6. The molecule has 0 saturated heterocycles. The summed E-state index contributed by atoms with van der Waals surface area (Å²) >= 11 is 3.39. The van der Waals surface area contributed by atoms with Crippen molar-refractivity contribution in [3.05, 3.63) is 60.2 Å². The Morgan fingerprint density at radius 1 is 0.875 bits per heavy atom. The number of hydrogen-bond donors (Lipinski definition) is 0. The van der Waals surface area contributed by atoms with Crippen LogP contribution in [-0.4, -0.2) is 4.21 Å². The van der Waals surface area contributed by atoms with Gasteiger partial charge in [0.05, 0.1) is 10.8 Å². The number of alkyl halides is 1. The summed E-state index contributed by atoms with van der Waals surface area (Å²) in [6.45, 7) is 0. The molecule has 16 heavy (non-hydrogen) atoms. The van der Waals surface area contributed by atoms with E-state index in [0.717, 1.165) is 15.1 Å². The van der Waals surface area contributed by atoms with Crippen molar-refractivity contribution in [1.82, 2.24) is 0 Å². The third-order valence-electron chi connectivity index (χ3n) is 2.25. The first-order chi connectivity index (χ1) is 7.81. The third kappa shape index (κ3) is 2.60. The third-order valence-corrected chi connectivity index (χ3v) is 4.30. The first-order valence-corrected chi connectivity index (χ1v) is 7.20. The van der Waals surface area contributed by atoms with Gasteiger partial charge in [-0.05, 0) is 29.8 Å². The van der Waals surface area contributed by atoms with Crippen LogP contribution in [-0.2, 0) is 16.1 Å². The molecule has 0 N–H and O–H groups in total. The van der Waals surface area contributed by atoms with E-state index in [0.29, 0.717) is 0 Å². The van der Waals surface area contributed by atoms with Gasteiger partial charge < -0.3 is 0 Å². The smallest absolute Gasteiger partial charge is 0.0849 e. The van der Waals surface area contributed by atoms with Gasteiger partial charge in [-0.3, -0.25) is 0 Å². The quantitative estimate of drug-likeness (QED) is 0.788. The molecular formula is C13H11BrOS. The monoisotopic (exact) mass is 294 g/mol. The molecule has 0 radical (unpaired) electrons. The predicted molar refractivity (Wildman–Crippen MR) is 70.2 cm³/mol. The summed E-state index contributed by atoms with van der Waals surface area (Å²) in [5.74, 6) is 0. The second kappa shape index (κ2) is 5.41. The van der Waals surface area contributed by atoms with Crippen molar-refractivity contribution >= 4 is 26.7 Å². The predicted octanol–water partition coefficient (Wildman–Crippen LogP) is 3.75. The van der Waals surface area contributed by atoms with E-state index in [1.807, 2.05) is 54.6 Å². The van der Waals surface area contributed by atoms with Crippen LogP contribution < -0.4 is 0 Å². The summed E-state index contributed by atoms with van der Waals surface area (Å²) < 4.78 is 12.1. The molecule has 1 unspecified atom stereocenters. The van der Waals surface area contributed by atoms with E-state index >= 15 is 0 Å². The van der Waals surface area contributed by atoms with Crippen LogP contribution in [0.25, 0.3) is 0 Å². The van der Waals surface area contributed by atoms with Crippen LogP contribution in [0.5, 0.6) is 0 Å². The summed E-state index contributed by atoms with van der Waals surface area (Å²) in [6, 6.07) is 17.3. The van der Waals surface area contributed by atoms with Gasteiger partial charge in [0.15, 0.2) is 0 Å². The van der Waals surface area contributed by atoms with E-state index < -0.39 is 10.8 Å². The van der Waals surface area contributed by atoms with Crippen LogP contribution in [0.4, 0.5) is 0 Å². The summed E-state index contributed by atoms with van der Waals surface area (Å²) in [6.07, 6.45) is 0. The topological polar surface area (TPSA) is 17.1 Å². The average Bonchev–Trinajstić information content (AvgIpc) is 2.39. The summed E-state index contributed by atoms with van der Waals surface area (Å²) in [7, 11) is -1.07. The molecule has 0 saturated carbocycles. The second-order valence-corrected chi connectivity index (χ2v) is 5.40. The molecule has 0 bridgehead atoms. The lowest BCUT2D eigenvalue weighted by Gasteiger charge is -2.02. The molecule has 2 aromatic carbocycles. The largest absolute Gasteiger partial charge is 0.249 e. The van der Waals surface area contributed by atoms with Crippen LogP contribution in [0, 0.1) is 0 Å². The Bertz CT molecular complexity index is 479. The standard InChI is InChI=1S/C13H11BrOS/c14-10-11-6-8-13(9-7-11)16(15)12-4-2-1-3-5-12/h1-9H,10H2. The number of halogens is 1. The molecule has 0 aromatic heterocycles. The van der Waals surface area contributed by atoms with Gasteiger partial charge in [0.1, 0.15) is 0 Å². The zero-order chi connectivity index (χ0) is 11.4. The highest BCUT2D eigenvalue weighted by atomic mass is 79.9. The molecule has 0 amide bonds. The zero-order valence-electron chi connectivity index (χ0n) is 8.60. The SMILES string of the molecule is O=S(c1ccccc1)c1ccc(CBr)cc1. The highest BCUT2D eigenvalue weighted by Crippen LogP contribution is 2.17. The van der Waals surface area contributed by atoms with Gasteiger partial charge in [0.25, 0.3) is 0 Å². The summed E-state index contributed by atoms with van der Waals surface area (Å²) in [5, 5.41) is 0.825. The Balaban J connectivity index is 2.28. The minimum atomic E-state index is -1.07. The van der Waals surface area contributed by atoms with E-state index in [-0.39, 0.29) is 0 Å². The van der Waals surface area contributed by atoms with Gasteiger partial charge in [-0.1, -0.05) is 46.3 Å². The lowest BCUT2D eigenvalue weighted by Crippen LogP contribution is -1.92. The Labute approximate surface area is 106 Å².